The SMILES string of the molecule is CC(C)C[C@H](NC(=O)[C@H](CO)NC(=O)CNC(=O)[C@H](Cc1ccccc1)NC(=O)[C@H](CC(C)C)NC(=O)[C@@H](N)CCCCN)C(=O)N[C@@H](C)C(=O)N[C@@H](Cc1ccccc1)C(=O)N[C@H](C(=O)O)C(C)C. The van der Waals surface area contributed by atoms with Crippen molar-refractivity contribution in [1.82, 2.24) is 42.5 Å². The first kappa shape index (κ1) is 59.7. The highest BCUT2D eigenvalue weighted by Crippen LogP contribution is 2.11. The number of benzene rings is 2. The number of aliphatic hydroxyl groups excluding tert-OH is 1. The van der Waals surface area contributed by atoms with Crippen LogP contribution < -0.4 is 54.0 Å². The van der Waals surface area contributed by atoms with Gasteiger partial charge in [0.15, 0.2) is 0 Å². The zero-order chi connectivity index (χ0) is 52.5. The Labute approximate surface area is 410 Å². The van der Waals surface area contributed by atoms with Crippen molar-refractivity contribution in [1.29, 1.82) is 0 Å². The van der Waals surface area contributed by atoms with E-state index < -0.39 is 121 Å². The van der Waals surface area contributed by atoms with E-state index in [2.05, 4.69) is 42.5 Å². The fourth-order valence-corrected chi connectivity index (χ4v) is 7.16. The zero-order valence-electron chi connectivity index (χ0n) is 41.4. The minimum absolute atomic E-state index is 0.00477. The average Bonchev–Trinajstić information content (AvgIpc) is 3.30. The summed E-state index contributed by atoms with van der Waals surface area (Å²) < 4.78 is 0. The molecule has 0 saturated heterocycles. The summed E-state index contributed by atoms with van der Waals surface area (Å²) in [7, 11) is 0. The predicted molar refractivity (Wildman–Crippen MR) is 262 cm³/mol. The summed E-state index contributed by atoms with van der Waals surface area (Å²) in [5.74, 6) is -8.02. The van der Waals surface area contributed by atoms with Crippen LogP contribution in [0, 0.1) is 17.8 Å². The fourth-order valence-electron chi connectivity index (χ4n) is 7.16. The zero-order valence-corrected chi connectivity index (χ0v) is 41.4. The Hall–Kier alpha value is -6.45. The molecule has 0 fully saturated rings. The van der Waals surface area contributed by atoms with Crippen LogP contribution in [0.3, 0.4) is 0 Å². The molecule has 0 spiro atoms. The molecule has 0 saturated carbocycles. The Morgan fingerprint density at radius 3 is 1.44 bits per heavy atom. The highest BCUT2D eigenvalue weighted by atomic mass is 16.4. The van der Waals surface area contributed by atoms with Crippen molar-refractivity contribution in [3.05, 3.63) is 71.8 Å². The van der Waals surface area contributed by atoms with Crippen LogP contribution in [0.2, 0.25) is 0 Å². The van der Waals surface area contributed by atoms with Gasteiger partial charge in [0.05, 0.1) is 19.2 Å². The molecule has 14 N–H and O–H groups in total. The quantitative estimate of drug-likeness (QED) is 0.0416. The van der Waals surface area contributed by atoms with Gasteiger partial charge >= 0.3 is 5.97 Å². The van der Waals surface area contributed by atoms with E-state index in [1.165, 1.54) is 6.92 Å². The Morgan fingerprint density at radius 1 is 0.529 bits per heavy atom. The summed E-state index contributed by atoms with van der Waals surface area (Å²) >= 11 is 0. The van der Waals surface area contributed by atoms with E-state index in [9.17, 15) is 53.4 Å². The molecular formula is C49H76N10O11. The van der Waals surface area contributed by atoms with Crippen LogP contribution in [-0.2, 0) is 56.0 Å². The van der Waals surface area contributed by atoms with E-state index >= 15 is 0 Å². The van der Waals surface area contributed by atoms with Gasteiger partial charge in [-0.2, -0.15) is 0 Å². The van der Waals surface area contributed by atoms with E-state index in [0.717, 1.165) is 0 Å². The lowest BCUT2D eigenvalue weighted by Gasteiger charge is -2.26. The van der Waals surface area contributed by atoms with Crippen LogP contribution >= 0.6 is 0 Å². The molecule has 0 aliphatic carbocycles. The minimum Gasteiger partial charge on any atom is -0.480 e. The fraction of sp³-hybridized carbons (Fsp3) is 0.571. The van der Waals surface area contributed by atoms with Crippen LogP contribution in [0.1, 0.15) is 91.7 Å². The molecule has 70 heavy (non-hydrogen) atoms. The van der Waals surface area contributed by atoms with Crippen molar-refractivity contribution in [2.24, 2.45) is 29.2 Å². The average molecular weight is 981 g/mol. The van der Waals surface area contributed by atoms with Crippen molar-refractivity contribution in [3.63, 3.8) is 0 Å². The number of carboxylic acid groups (broad SMARTS) is 1. The molecule has 8 atom stereocenters. The summed E-state index contributed by atoms with van der Waals surface area (Å²) in [6, 6.07) is 7.79. The van der Waals surface area contributed by atoms with Crippen molar-refractivity contribution in [3.8, 4) is 0 Å². The highest BCUT2D eigenvalue weighted by molar-refractivity contribution is 5.97. The van der Waals surface area contributed by atoms with E-state index in [0.29, 0.717) is 36.9 Å². The summed E-state index contributed by atoms with van der Waals surface area (Å²) in [6.45, 7) is 10.8. The molecular weight excluding hydrogens is 905 g/mol. The van der Waals surface area contributed by atoms with Gasteiger partial charge in [0.25, 0.3) is 0 Å². The number of nitrogens with one attached hydrogen (secondary N) is 8. The number of nitrogens with two attached hydrogens (primary N) is 2. The molecule has 2 rings (SSSR count). The molecule has 0 heterocycles. The largest absolute Gasteiger partial charge is 0.480 e. The first-order valence-electron chi connectivity index (χ1n) is 23.8. The van der Waals surface area contributed by atoms with E-state index in [1.807, 2.05) is 13.8 Å². The second-order valence-corrected chi connectivity index (χ2v) is 18.6. The monoisotopic (exact) mass is 981 g/mol. The second kappa shape index (κ2) is 30.9. The maximum absolute atomic E-state index is 13.7. The van der Waals surface area contributed by atoms with Crippen molar-refractivity contribution >= 4 is 53.2 Å². The molecule has 0 aliphatic heterocycles. The third-order valence-electron chi connectivity index (χ3n) is 11.1. The van der Waals surface area contributed by atoms with Gasteiger partial charge in [-0.1, -0.05) is 109 Å². The van der Waals surface area contributed by atoms with Crippen molar-refractivity contribution < 1.29 is 53.4 Å². The number of amides is 8. The molecule has 388 valence electrons. The lowest BCUT2D eigenvalue weighted by atomic mass is 10.0. The number of hydrogen-bond acceptors (Lipinski definition) is 12. The van der Waals surface area contributed by atoms with Gasteiger partial charge in [-0.05, 0) is 68.0 Å². The van der Waals surface area contributed by atoms with Crippen LogP contribution in [0.15, 0.2) is 60.7 Å². The Bertz CT molecular complexity index is 2020. The Morgan fingerprint density at radius 2 is 0.971 bits per heavy atom. The normalized spacial score (nSPS) is 14.6. The van der Waals surface area contributed by atoms with Crippen LogP contribution in [0.4, 0.5) is 0 Å². The highest BCUT2D eigenvalue weighted by Gasteiger charge is 2.33. The van der Waals surface area contributed by atoms with Gasteiger partial charge in [0, 0.05) is 12.8 Å². The number of aliphatic carboxylic acids is 1. The maximum Gasteiger partial charge on any atom is 0.326 e. The molecule has 0 aromatic heterocycles. The first-order chi connectivity index (χ1) is 33.1. The molecule has 21 heteroatoms. The molecule has 21 nitrogen and oxygen atoms in total. The van der Waals surface area contributed by atoms with Gasteiger partial charge in [-0.15, -0.1) is 0 Å². The van der Waals surface area contributed by atoms with Crippen molar-refractivity contribution in [2.75, 3.05) is 19.7 Å². The third-order valence-corrected chi connectivity index (χ3v) is 11.1. The van der Waals surface area contributed by atoms with Gasteiger partial charge in [-0.25, -0.2) is 4.79 Å². The van der Waals surface area contributed by atoms with Crippen LogP contribution in [0.5, 0.6) is 0 Å². The molecule has 8 amide bonds. The molecule has 0 radical (unpaired) electrons. The Kier molecular flexibility index (Phi) is 26.4. The number of carbonyl (C=O) groups excluding carboxylic acids is 8. The van der Waals surface area contributed by atoms with E-state index in [4.69, 9.17) is 11.5 Å². The molecule has 2 aromatic rings. The third kappa shape index (κ3) is 21.9. The summed E-state index contributed by atoms with van der Waals surface area (Å²) in [5, 5.41) is 40.2. The Balaban J connectivity index is 2.16. The first-order valence-corrected chi connectivity index (χ1v) is 23.8. The second-order valence-electron chi connectivity index (χ2n) is 18.6. The maximum atomic E-state index is 13.7. The topological polar surface area (TPSA) is 342 Å². The van der Waals surface area contributed by atoms with Crippen molar-refractivity contribution in [2.45, 2.75) is 142 Å². The number of carboxylic acids is 1. The predicted octanol–water partition coefficient (Wildman–Crippen LogP) is -0.717. The van der Waals surface area contributed by atoms with Crippen LogP contribution in [-0.4, -0.2) is 131 Å². The molecule has 0 unspecified atom stereocenters. The number of aliphatic hydroxyl groups is 1. The lowest BCUT2D eigenvalue weighted by Crippen LogP contribution is -2.59. The smallest absolute Gasteiger partial charge is 0.326 e. The standard InChI is InChI=1S/C49H76N10O11/c1-28(2)22-35(45(65)53-31(7)42(62)55-38(25-33-18-12-9-13-19-33)47(67)59-41(30(5)6)49(69)70)57-48(68)39(27-60)54-40(61)26-52-44(64)37(24-32-16-10-8-11-17-32)58-46(66)36(23-29(3)4)56-43(63)34(51)20-14-15-21-50/h8-13,16-19,28-31,34-39,41,60H,14-15,20-27,50-51H2,1-7H3,(H,52,64)(H,53,65)(H,54,61)(H,55,62)(H,56,63)(H,57,68)(H,58,66)(H,59,67)(H,69,70)/t31-,34-,35-,36-,37-,38-,39-,41-/m0/s1. The summed E-state index contributed by atoms with van der Waals surface area (Å²) in [5.41, 5.74) is 13.0. The minimum atomic E-state index is -1.59. The number of unbranched alkanes of at least 4 members (excludes halogenated alkanes) is 1. The number of carbonyl (C=O) groups is 9. The van der Waals surface area contributed by atoms with Gasteiger partial charge in [0.1, 0.15) is 42.3 Å². The summed E-state index contributed by atoms with van der Waals surface area (Å²) in [4.78, 5) is 119. The molecule has 2 aromatic carbocycles. The van der Waals surface area contributed by atoms with E-state index in [-0.39, 0.29) is 37.5 Å². The summed E-state index contributed by atoms with van der Waals surface area (Å²) in [6.07, 6.45) is 1.99. The number of hydrogen-bond donors (Lipinski definition) is 12. The van der Waals surface area contributed by atoms with Gasteiger partial charge < -0.3 is 64.2 Å². The van der Waals surface area contributed by atoms with Crippen LogP contribution in [0.25, 0.3) is 0 Å². The number of rotatable bonds is 31. The molecule has 0 bridgehead atoms. The van der Waals surface area contributed by atoms with Gasteiger partial charge in [-0.3, -0.25) is 38.4 Å². The molecule has 0 aliphatic rings. The lowest BCUT2D eigenvalue weighted by molar-refractivity contribution is -0.143. The van der Waals surface area contributed by atoms with Gasteiger partial charge in [0.2, 0.25) is 47.3 Å². The van der Waals surface area contributed by atoms with E-state index in [1.54, 1.807) is 88.4 Å².